The predicted molar refractivity (Wildman–Crippen MR) is 132 cm³/mol. The van der Waals surface area contributed by atoms with Gasteiger partial charge < -0.3 is 15.5 Å². The van der Waals surface area contributed by atoms with E-state index in [4.69, 9.17) is 23.2 Å². The summed E-state index contributed by atoms with van der Waals surface area (Å²) in [5, 5.41) is 11.3. The molecule has 33 heavy (non-hydrogen) atoms. The fourth-order valence-electron chi connectivity index (χ4n) is 3.32. The Morgan fingerprint density at radius 1 is 1.36 bits per heavy atom. The van der Waals surface area contributed by atoms with Gasteiger partial charge in [0.15, 0.2) is 0 Å². The smallest absolute Gasteiger partial charge is 0.258 e. The minimum absolute atomic E-state index is 0.0634. The van der Waals surface area contributed by atoms with Gasteiger partial charge in [0, 0.05) is 40.7 Å². The van der Waals surface area contributed by atoms with Crippen LogP contribution in [0.1, 0.15) is 42.3 Å². The summed E-state index contributed by atoms with van der Waals surface area (Å²) in [5.74, 6) is 0.331. The molecule has 0 saturated heterocycles. The van der Waals surface area contributed by atoms with Crippen LogP contribution in [0.25, 0.3) is 0 Å². The molecule has 1 aliphatic heterocycles. The van der Waals surface area contributed by atoms with Crippen molar-refractivity contribution >= 4 is 40.8 Å². The molecule has 9 heteroatoms. The molecule has 2 N–H and O–H groups in total. The van der Waals surface area contributed by atoms with Crippen molar-refractivity contribution in [2.45, 2.75) is 33.9 Å². The van der Waals surface area contributed by atoms with E-state index in [1.165, 1.54) is 0 Å². The lowest BCUT2D eigenvalue weighted by molar-refractivity contribution is -0.124. The second kappa shape index (κ2) is 10.3. The number of nitrogens with zero attached hydrogens (tertiary/aromatic N) is 3. The average Bonchev–Trinajstić information content (AvgIpc) is 3.02. The summed E-state index contributed by atoms with van der Waals surface area (Å²) in [4.78, 5) is 27.1. The molecule has 3 rings (SSSR count). The van der Waals surface area contributed by atoms with Crippen LogP contribution >= 0.6 is 23.2 Å². The Balaban J connectivity index is 1.94. The summed E-state index contributed by atoms with van der Waals surface area (Å²) in [6.45, 7) is 10.1. The van der Waals surface area contributed by atoms with Gasteiger partial charge >= 0.3 is 0 Å². The first-order valence-corrected chi connectivity index (χ1v) is 11.2. The Labute approximate surface area is 203 Å². The Morgan fingerprint density at radius 2 is 2.09 bits per heavy atom. The average molecular weight is 488 g/mol. The van der Waals surface area contributed by atoms with E-state index in [2.05, 4.69) is 22.3 Å². The number of carbonyl (C=O) groups excluding carboxylic acids is 2. The van der Waals surface area contributed by atoms with Gasteiger partial charge in [0.1, 0.15) is 5.82 Å². The Hall–Kier alpha value is -3.03. The van der Waals surface area contributed by atoms with Crippen LogP contribution in [-0.2, 0) is 24.9 Å². The summed E-state index contributed by atoms with van der Waals surface area (Å²) in [6.07, 6.45) is 5.19. The lowest BCUT2D eigenvalue weighted by Crippen LogP contribution is -2.30. The monoisotopic (exact) mass is 487 g/mol. The van der Waals surface area contributed by atoms with E-state index in [-0.39, 0.29) is 17.7 Å². The maximum absolute atomic E-state index is 13.6. The van der Waals surface area contributed by atoms with Crippen LogP contribution < -0.4 is 10.6 Å². The van der Waals surface area contributed by atoms with E-state index in [9.17, 15) is 9.59 Å². The normalized spacial score (nSPS) is 15.4. The zero-order chi connectivity index (χ0) is 24.3. The fourth-order valence-corrected chi connectivity index (χ4v) is 3.63. The van der Waals surface area contributed by atoms with Crippen molar-refractivity contribution in [3.63, 3.8) is 0 Å². The van der Waals surface area contributed by atoms with Crippen molar-refractivity contribution in [3.05, 3.63) is 81.3 Å². The number of benzene rings is 1. The summed E-state index contributed by atoms with van der Waals surface area (Å²) in [7, 11) is 1.82. The number of allylic oxidation sites excluding steroid dienone is 3. The zero-order valence-corrected chi connectivity index (χ0v) is 20.6. The molecule has 0 radical (unpaired) electrons. The molecule has 0 saturated carbocycles. The molecular formula is C24H27Cl2N5O2. The number of anilines is 1. The third-order valence-corrected chi connectivity index (χ3v) is 5.68. The van der Waals surface area contributed by atoms with Crippen molar-refractivity contribution in [2.75, 3.05) is 5.32 Å². The number of halogens is 2. The van der Waals surface area contributed by atoms with Gasteiger partial charge in [-0.1, -0.05) is 49.7 Å². The van der Waals surface area contributed by atoms with Crippen LogP contribution in [0.4, 0.5) is 5.82 Å². The van der Waals surface area contributed by atoms with Gasteiger partial charge in [0.05, 0.1) is 24.1 Å². The maximum atomic E-state index is 13.6. The molecule has 0 unspecified atom stereocenters. The van der Waals surface area contributed by atoms with Gasteiger partial charge in [0.25, 0.3) is 5.91 Å². The first-order chi connectivity index (χ1) is 15.6. The molecule has 2 amide bonds. The number of amides is 2. The van der Waals surface area contributed by atoms with Crippen LogP contribution in [0, 0.1) is 5.92 Å². The molecule has 1 aromatic carbocycles. The van der Waals surface area contributed by atoms with Crippen LogP contribution in [0.15, 0.2) is 59.6 Å². The molecule has 0 fully saturated rings. The molecule has 1 aliphatic rings. The van der Waals surface area contributed by atoms with Crippen LogP contribution in [0.3, 0.4) is 0 Å². The number of hydrogen-bond donors (Lipinski definition) is 2. The number of carbonyl (C=O) groups is 2. The lowest BCUT2D eigenvalue weighted by Gasteiger charge is -2.24. The SMILES string of the molecule is C=C1Nc2c(cnn2C)CN(C(=O)c2ccc(CNC(=O)C(C)C)c(Cl)c2)/C1=C/C=C(\C)Cl. The first kappa shape index (κ1) is 24.6. The Kier molecular flexibility index (Phi) is 7.66. The van der Waals surface area contributed by atoms with E-state index in [1.54, 1.807) is 53.1 Å². The summed E-state index contributed by atoms with van der Waals surface area (Å²) >= 11 is 12.5. The minimum atomic E-state index is -0.249. The number of aryl methyl sites for hydroxylation is 1. The second-order valence-electron chi connectivity index (χ2n) is 8.12. The standard InChI is InChI=1S/C24H27Cl2N5O2/c1-14(2)23(32)27-11-18-8-7-17(10-20(18)26)24(33)31-13-19-12-28-30(5)22(19)29-16(4)21(31)9-6-15(3)25/h6-10,12,14,29H,4,11,13H2,1-3,5H3,(H,27,32)/b15-6+,21-9+. The van der Waals surface area contributed by atoms with Gasteiger partial charge in [-0.25, -0.2) is 0 Å². The van der Waals surface area contributed by atoms with Gasteiger partial charge in [-0.3, -0.25) is 14.3 Å². The van der Waals surface area contributed by atoms with E-state index >= 15 is 0 Å². The highest BCUT2D eigenvalue weighted by atomic mass is 35.5. The Morgan fingerprint density at radius 3 is 2.73 bits per heavy atom. The summed E-state index contributed by atoms with van der Waals surface area (Å²) in [5.41, 5.74) is 3.12. The number of nitrogens with one attached hydrogen (secondary N) is 2. The van der Waals surface area contributed by atoms with E-state index in [1.807, 2.05) is 20.9 Å². The molecule has 0 bridgehead atoms. The van der Waals surface area contributed by atoms with E-state index < -0.39 is 0 Å². The van der Waals surface area contributed by atoms with Crippen molar-refractivity contribution < 1.29 is 9.59 Å². The van der Waals surface area contributed by atoms with Crippen LogP contribution in [0.2, 0.25) is 5.02 Å². The lowest BCUT2D eigenvalue weighted by atomic mass is 10.1. The quantitative estimate of drug-likeness (QED) is 0.624. The fraction of sp³-hybridized carbons (Fsp3) is 0.292. The number of rotatable bonds is 5. The Bertz CT molecular complexity index is 1160. The van der Waals surface area contributed by atoms with Gasteiger partial charge in [0.2, 0.25) is 5.91 Å². The van der Waals surface area contributed by atoms with E-state index in [0.29, 0.717) is 40.1 Å². The zero-order valence-electron chi connectivity index (χ0n) is 19.1. The topological polar surface area (TPSA) is 79.3 Å². The van der Waals surface area contributed by atoms with Crippen LogP contribution in [-0.4, -0.2) is 26.5 Å². The molecule has 2 heterocycles. The minimum Gasteiger partial charge on any atom is -0.352 e. The molecule has 174 valence electrons. The number of hydrogen-bond acceptors (Lipinski definition) is 4. The molecule has 0 spiro atoms. The highest BCUT2D eigenvalue weighted by Gasteiger charge is 2.28. The molecular weight excluding hydrogens is 461 g/mol. The van der Waals surface area contributed by atoms with E-state index in [0.717, 1.165) is 16.9 Å². The summed E-state index contributed by atoms with van der Waals surface area (Å²) in [6, 6.07) is 5.07. The highest BCUT2D eigenvalue weighted by molar-refractivity contribution is 6.31. The highest BCUT2D eigenvalue weighted by Crippen LogP contribution is 2.30. The second-order valence-corrected chi connectivity index (χ2v) is 9.12. The van der Waals surface area contributed by atoms with Crippen molar-refractivity contribution in [1.29, 1.82) is 0 Å². The maximum Gasteiger partial charge on any atom is 0.258 e. The molecule has 2 aromatic rings. The molecule has 0 aliphatic carbocycles. The number of fused-ring (bicyclic) bond motifs is 1. The molecule has 1 aromatic heterocycles. The van der Waals surface area contributed by atoms with Crippen molar-refractivity contribution in [3.8, 4) is 0 Å². The first-order valence-electron chi connectivity index (χ1n) is 10.5. The number of aromatic nitrogens is 2. The van der Waals surface area contributed by atoms with Gasteiger partial charge in [-0.05, 0) is 36.8 Å². The third-order valence-electron chi connectivity index (χ3n) is 5.21. The van der Waals surface area contributed by atoms with Gasteiger partial charge in [-0.2, -0.15) is 5.10 Å². The van der Waals surface area contributed by atoms with Crippen molar-refractivity contribution in [1.82, 2.24) is 20.0 Å². The largest absolute Gasteiger partial charge is 0.352 e. The summed E-state index contributed by atoms with van der Waals surface area (Å²) < 4.78 is 1.70. The van der Waals surface area contributed by atoms with Crippen molar-refractivity contribution in [2.24, 2.45) is 13.0 Å². The molecule has 7 nitrogen and oxygen atoms in total. The van der Waals surface area contributed by atoms with Crippen LogP contribution in [0.5, 0.6) is 0 Å². The molecule has 0 atom stereocenters. The predicted octanol–water partition coefficient (Wildman–Crippen LogP) is 4.95. The van der Waals surface area contributed by atoms with Gasteiger partial charge in [-0.15, -0.1) is 0 Å². The third kappa shape index (κ3) is 5.67.